The first-order valence-electron chi connectivity index (χ1n) is 5.87. The predicted molar refractivity (Wildman–Crippen MR) is 73.3 cm³/mol. The van der Waals surface area contributed by atoms with Crippen LogP contribution in [0.1, 0.15) is 44.6 Å². The van der Waals surface area contributed by atoms with Crippen LogP contribution >= 0.6 is 11.8 Å². The second-order valence-electron chi connectivity index (χ2n) is 3.35. The average Bonchev–Trinajstić information content (AvgIpc) is 2.80. The lowest BCUT2D eigenvalue weighted by Crippen LogP contribution is -1.97. The number of aromatic nitrogens is 1. The molecule has 0 amide bonds. The van der Waals surface area contributed by atoms with Crippen molar-refractivity contribution in [3.8, 4) is 0 Å². The molecule has 1 unspecified atom stereocenters. The van der Waals surface area contributed by atoms with E-state index in [9.17, 15) is 0 Å². The van der Waals surface area contributed by atoms with Crippen LogP contribution in [0.3, 0.4) is 0 Å². The van der Waals surface area contributed by atoms with Crippen molar-refractivity contribution in [2.24, 2.45) is 0 Å². The third kappa shape index (κ3) is 3.27. The number of allylic oxidation sites excluding steroid dienone is 2. The lowest BCUT2D eigenvalue weighted by molar-refractivity contribution is 0.935. The highest BCUT2D eigenvalue weighted by Gasteiger charge is 2.19. The number of hydrogen-bond donors (Lipinski definition) is 1. The van der Waals surface area contributed by atoms with E-state index in [1.807, 2.05) is 37.7 Å². The lowest BCUT2D eigenvalue weighted by Gasteiger charge is -2.09. The Balaban J connectivity index is 0.000000606. The molecule has 1 atom stereocenters. The normalized spacial score (nSPS) is 18.7. The molecule has 0 fully saturated rings. The number of thioether (sulfide) groups is 1. The van der Waals surface area contributed by atoms with Crippen molar-refractivity contribution in [1.29, 1.82) is 0 Å². The van der Waals surface area contributed by atoms with E-state index in [1.54, 1.807) is 0 Å². The quantitative estimate of drug-likeness (QED) is 0.838. The fourth-order valence-corrected chi connectivity index (χ4v) is 2.74. The van der Waals surface area contributed by atoms with Crippen molar-refractivity contribution in [1.82, 2.24) is 4.98 Å². The number of nitrogens with zero attached hydrogens (tertiary/aromatic N) is 1. The van der Waals surface area contributed by atoms with Gasteiger partial charge in [0.05, 0.1) is 10.9 Å². The molecular formula is C13H20N2S. The van der Waals surface area contributed by atoms with Gasteiger partial charge >= 0.3 is 0 Å². The van der Waals surface area contributed by atoms with Crippen LogP contribution < -0.4 is 5.73 Å². The van der Waals surface area contributed by atoms with E-state index in [0.717, 1.165) is 18.5 Å². The highest BCUT2D eigenvalue weighted by molar-refractivity contribution is 8.03. The lowest BCUT2D eigenvalue weighted by atomic mass is 10.2. The van der Waals surface area contributed by atoms with Crippen LogP contribution in [-0.2, 0) is 0 Å². The van der Waals surface area contributed by atoms with Crippen molar-refractivity contribution < 1.29 is 0 Å². The molecule has 0 radical (unpaired) electrons. The Morgan fingerprint density at radius 3 is 2.75 bits per heavy atom. The van der Waals surface area contributed by atoms with Crippen molar-refractivity contribution >= 4 is 17.6 Å². The molecule has 1 aliphatic rings. The van der Waals surface area contributed by atoms with E-state index in [4.69, 9.17) is 5.73 Å². The van der Waals surface area contributed by atoms with Gasteiger partial charge in [0.25, 0.3) is 0 Å². The molecule has 0 saturated carbocycles. The van der Waals surface area contributed by atoms with Crippen molar-refractivity contribution in [2.45, 2.75) is 38.9 Å². The summed E-state index contributed by atoms with van der Waals surface area (Å²) in [5, 5.41) is 0.480. The molecule has 2 N–H and O–H groups in total. The van der Waals surface area contributed by atoms with Crippen LogP contribution in [0.15, 0.2) is 29.2 Å². The van der Waals surface area contributed by atoms with Gasteiger partial charge in [-0.05, 0) is 29.9 Å². The molecule has 0 aliphatic carbocycles. The van der Waals surface area contributed by atoms with Crippen molar-refractivity contribution in [2.75, 3.05) is 5.73 Å². The number of anilines is 1. The van der Waals surface area contributed by atoms with Gasteiger partial charge in [0.2, 0.25) is 0 Å². The summed E-state index contributed by atoms with van der Waals surface area (Å²) in [6.45, 7) is 6.19. The van der Waals surface area contributed by atoms with Crippen LogP contribution in [-0.4, -0.2) is 4.98 Å². The van der Waals surface area contributed by atoms with Crippen LogP contribution in [0.2, 0.25) is 0 Å². The molecule has 1 aromatic rings. The average molecular weight is 236 g/mol. The molecule has 1 aromatic heterocycles. The summed E-state index contributed by atoms with van der Waals surface area (Å²) >= 11 is 1.92. The minimum absolute atomic E-state index is 0.480. The van der Waals surface area contributed by atoms with Gasteiger partial charge in [0.1, 0.15) is 5.82 Å². The first kappa shape index (κ1) is 13.1. The van der Waals surface area contributed by atoms with Crippen LogP contribution in [0.5, 0.6) is 0 Å². The number of nitrogens with two attached hydrogens (primary N) is 1. The molecule has 0 saturated heterocycles. The maximum absolute atomic E-state index is 5.66. The van der Waals surface area contributed by atoms with E-state index in [1.165, 1.54) is 4.91 Å². The zero-order valence-corrected chi connectivity index (χ0v) is 11.1. The predicted octanol–water partition coefficient (Wildman–Crippen LogP) is 4.16. The molecule has 2 heterocycles. The molecule has 3 heteroatoms. The van der Waals surface area contributed by atoms with E-state index >= 15 is 0 Å². The number of pyridine rings is 1. The van der Waals surface area contributed by atoms with E-state index in [-0.39, 0.29) is 0 Å². The molecule has 1 aliphatic heterocycles. The van der Waals surface area contributed by atoms with Gasteiger partial charge in [-0.3, -0.25) is 0 Å². The van der Waals surface area contributed by atoms with Gasteiger partial charge < -0.3 is 5.73 Å². The van der Waals surface area contributed by atoms with Gasteiger partial charge in [0, 0.05) is 0 Å². The van der Waals surface area contributed by atoms with Crippen LogP contribution in [0, 0.1) is 0 Å². The second-order valence-corrected chi connectivity index (χ2v) is 4.68. The summed E-state index contributed by atoms with van der Waals surface area (Å²) in [4.78, 5) is 5.82. The molecular weight excluding hydrogens is 216 g/mol. The van der Waals surface area contributed by atoms with Crippen molar-refractivity contribution in [3.05, 3.63) is 34.9 Å². The molecule has 2 rings (SSSR count). The number of hydrogen-bond acceptors (Lipinski definition) is 3. The smallest absolute Gasteiger partial charge is 0.123 e. The third-order valence-electron chi connectivity index (χ3n) is 2.32. The molecule has 0 spiro atoms. The Morgan fingerprint density at radius 1 is 1.44 bits per heavy atom. The van der Waals surface area contributed by atoms with Gasteiger partial charge in [-0.1, -0.05) is 32.9 Å². The minimum Gasteiger partial charge on any atom is -0.384 e. The molecule has 0 aromatic carbocycles. The number of nitrogen functional groups attached to an aromatic ring is 1. The summed E-state index contributed by atoms with van der Waals surface area (Å²) < 4.78 is 0. The van der Waals surface area contributed by atoms with Gasteiger partial charge in [0.15, 0.2) is 0 Å². The highest BCUT2D eigenvalue weighted by Crippen LogP contribution is 2.44. The van der Waals surface area contributed by atoms with E-state index < -0.39 is 0 Å². The SMILES string of the molecule is CC.CCC1=CCC(c2cccc(N)n2)S1. The Hall–Kier alpha value is -0.960. The molecule has 0 bridgehead atoms. The summed E-state index contributed by atoms with van der Waals surface area (Å²) in [6.07, 6.45) is 4.52. The summed E-state index contributed by atoms with van der Waals surface area (Å²) in [5.41, 5.74) is 6.76. The van der Waals surface area contributed by atoms with Gasteiger partial charge in [-0.2, -0.15) is 0 Å². The van der Waals surface area contributed by atoms with Gasteiger partial charge in [-0.25, -0.2) is 4.98 Å². The third-order valence-corrected chi connectivity index (χ3v) is 3.80. The molecule has 2 nitrogen and oxygen atoms in total. The fourth-order valence-electron chi connectivity index (χ4n) is 1.57. The highest BCUT2D eigenvalue weighted by atomic mass is 32.2. The first-order valence-corrected chi connectivity index (χ1v) is 6.75. The fraction of sp³-hybridized carbons (Fsp3) is 0.462. The van der Waals surface area contributed by atoms with Crippen LogP contribution in [0.25, 0.3) is 0 Å². The van der Waals surface area contributed by atoms with E-state index in [0.29, 0.717) is 11.1 Å². The second kappa shape index (κ2) is 6.59. The largest absolute Gasteiger partial charge is 0.384 e. The molecule has 16 heavy (non-hydrogen) atoms. The monoisotopic (exact) mass is 236 g/mol. The zero-order chi connectivity index (χ0) is 12.0. The maximum atomic E-state index is 5.66. The van der Waals surface area contributed by atoms with Crippen LogP contribution in [0.4, 0.5) is 5.82 Å². The van der Waals surface area contributed by atoms with Gasteiger partial charge in [-0.15, -0.1) is 11.8 Å². The minimum atomic E-state index is 0.480. The Morgan fingerprint density at radius 2 is 2.19 bits per heavy atom. The topological polar surface area (TPSA) is 38.9 Å². The summed E-state index contributed by atoms with van der Waals surface area (Å²) in [5.74, 6) is 0.619. The standard InChI is InChI=1S/C11H14N2S.C2H6/c1-2-8-6-7-10(14-8)9-4-3-5-11(12)13-9;1-2/h3-6,10H,2,7H2,1H3,(H2,12,13);1-2H3. The molecule has 88 valence electrons. The maximum Gasteiger partial charge on any atom is 0.123 e. The zero-order valence-electron chi connectivity index (χ0n) is 10.2. The Bertz CT molecular complexity index is 361. The van der Waals surface area contributed by atoms with E-state index in [2.05, 4.69) is 24.1 Å². The Labute approximate surface area is 102 Å². The first-order chi connectivity index (χ1) is 7.79. The Kier molecular flexibility index (Phi) is 5.39. The van der Waals surface area contributed by atoms with Crippen molar-refractivity contribution in [3.63, 3.8) is 0 Å². The summed E-state index contributed by atoms with van der Waals surface area (Å²) in [7, 11) is 0. The summed E-state index contributed by atoms with van der Waals surface area (Å²) in [6, 6.07) is 5.86. The number of rotatable bonds is 2.